The average Bonchev–Trinajstić information content (AvgIpc) is 2.17. The van der Waals surface area contributed by atoms with E-state index in [4.69, 9.17) is 9.84 Å². The predicted octanol–water partition coefficient (Wildman–Crippen LogP) is -1.77. The molecule has 0 radical (unpaired) electrons. The molecule has 0 aromatic carbocycles. The number of ether oxygens (including phenoxy) is 2. The van der Waals surface area contributed by atoms with Gasteiger partial charge in [-0.05, 0) is 5.57 Å². The first-order chi connectivity index (χ1) is 7.07. The van der Waals surface area contributed by atoms with Crippen LogP contribution in [0.3, 0.4) is 0 Å². The van der Waals surface area contributed by atoms with Crippen molar-refractivity contribution in [3.8, 4) is 0 Å². The van der Waals surface area contributed by atoms with E-state index < -0.39 is 18.4 Å². The molecule has 0 aliphatic carbocycles. The molecular weight excluding hydrogens is 204 g/mol. The fraction of sp³-hybridized carbons (Fsp3) is 0.556. The average molecular weight is 217 g/mol. The van der Waals surface area contributed by atoms with Gasteiger partial charge in [-0.3, -0.25) is 4.79 Å². The van der Waals surface area contributed by atoms with Gasteiger partial charge in [0.2, 0.25) is 0 Å². The zero-order valence-corrected chi connectivity index (χ0v) is 8.23. The molecule has 0 saturated heterocycles. The van der Waals surface area contributed by atoms with Crippen molar-refractivity contribution in [2.45, 2.75) is 6.42 Å². The molecule has 0 spiro atoms. The lowest BCUT2D eigenvalue weighted by molar-refractivity contribution is -0.299. The van der Waals surface area contributed by atoms with Crippen molar-refractivity contribution >= 4 is 11.9 Å². The quantitative estimate of drug-likeness (QED) is 0.294. The Kier molecular flexibility index (Phi) is 7.21. The second-order valence-electron chi connectivity index (χ2n) is 2.62. The number of rotatable bonds is 8. The predicted molar refractivity (Wildman–Crippen MR) is 47.6 cm³/mol. The van der Waals surface area contributed by atoms with Gasteiger partial charge in [0.15, 0.2) is 0 Å². The highest BCUT2D eigenvalue weighted by molar-refractivity contribution is 5.90. The minimum Gasteiger partial charge on any atom is -0.545 e. The Morgan fingerprint density at radius 2 is 1.93 bits per heavy atom. The van der Waals surface area contributed by atoms with Gasteiger partial charge in [0.1, 0.15) is 6.61 Å². The van der Waals surface area contributed by atoms with Crippen LogP contribution in [0.15, 0.2) is 12.2 Å². The van der Waals surface area contributed by atoms with Gasteiger partial charge < -0.3 is 24.5 Å². The Hall–Kier alpha value is -1.40. The van der Waals surface area contributed by atoms with E-state index in [2.05, 4.69) is 11.3 Å². The van der Waals surface area contributed by atoms with Gasteiger partial charge in [-0.2, -0.15) is 0 Å². The smallest absolute Gasteiger partial charge is 0.310 e. The molecule has 0 heterocycles. The first kappa shape index (κ1) is 13.6. The van der Waals surface area contributed by atoms with Crippen LogP contribution in [0.2, 0.25) is 0 Å². The SMILES string of the molecule is C=C(CC(=O)OCCOCCO)C(=O)[O-]. The van der Waals surface area contributed by atoms with Crippen molar-refractivity contribution in [2.24, 2.45) is 0 Å². The van der Waals surface area contributed by atoms with E-state index in [0.29, 0.717) is 0 Å². The molecule has 0 aliphatic rings. The summed E-state index contributed by atoms with van der Waals surface area (Å²) in [7, 11) is 0. The molecule has 0 bridgehead atoms. The molecule has 15 heavy (non-hydrogen) atoms. The van der Waals surface area contributed by atoms with Crippen LogP contribution in [-0.4, -0.2) is 43.5 Å². The largest absolute Gasteiger partial charge is 0.545 e. The summed E-state index contributed by atoms with van der Waals surface area (Å²) in [4.78, 5) is 21.1. The molecule has 0 rings (SSSR count). The third kappa shape index (κ3) is 7.65. The van der Waals surface area contributed by atoms with Gasteiger partial charge in [-0.15, -0.1) is 0 Å². The molecule has 0 aliphatic heterocycles. The maximum absolute atomic E-state index is 10.9. The summed E-state index contributed by atoms with van der Waals surface area (Å²) in [6.07, 6.45) is -0.400. The number of aliphatic hydroxyl groups is 1. The van der Waals surface area contributed by atoms with Gasteiger partial charge in [-0.25, -0.2) is 0 Å². The molecule has 6 nitrogen and oxygen atoms in total. The summed E-state index contributed by atoms with van der Waals surface area (Å²) < 4.78 is 9.42. The second kappa shape index (κ2) is 7.95. The molecule has 86 valence electrons. The van der Waals surface area contributed by atoms with Crippen molar-refractivity contribution in [3.63, 3.8) is 0 Å². The molecule has 1 N–H and O–H groups in total. The van der Waals surface area contributed by atoms with Crippen LogP contribution in [0.4, 0.5) is 0 Å². The van der Waals surface area contributed by atoms with Crippen molar-refractivity contribution in [2.75, 3.05) is 26.4 Å². The molecule has 0 aromatic rings. The summed E-state index contributed by atoms with van der Waals surface area (Å²) in [6, 6.07) is 0. The number of carboxylic acids is 1. The number of carbonyl (C=O) groups excluding carboxylic acids is 2. The van der Waals surface area contributed by atoms with Gasteiger partial charge in [0.05, 0.1) is 32.2 Å². The van der Waals surface area contributed by atoms with Crippen LogP contribution in [0.1, 0.15) is 6.42 Å². The third-order valence-corrected chi connectivity index (χ3v) is 1.37. The normalized spacial score (nSPS) is 9.67. The van der Waals surface area contributed by atoms with Gasteiger partial charge in [0.25, 0.3) is 0 Å². The van der Waals surface area contributed by atoms with Crippen molar-refractivity contribution in [3.05, 3.63) is 12.2 Å². The summed E-state index contributed by atoms with van der Waals surface area (Å²) in [5.74, 6) is -2.17. The fourth-order valence-electron chi connectivity index (χ4n) is 0.678. The highest BCUT2D eigenvalue weighted by Crippen LogP contribution is 1.98. The maximum Gasteiger partial charge on any atom is 0.310 e. The highest BCUT2D eigenvalue weighted by Gasteiger charge is 2.05. The third-order valence-electron chi connectivity index (χ3n) is 1.37. The van der Waals surface area contributed by atoms with Crippen molar-refractivity contribution < 1.29 is 29.3 Å². The fourth-order valence-corrected chi connectivity index (χ4v) is 0.678. The Labute approximate surface area is 87.1 Å². The van der Waals surface area contributed by atoms with E-state index >= 15 is 0 Å². The first-order valence-electron chi connectivity index (χ1n) is 4.31. The van der Waals surface area contributed by atoms with E-state index in [1.165, 1.54) is 0 Å². The summed E-state index contributed by atoms with van der Waals surface area (Å²) in [5, 5.41) is 18.5. The summed E-state index contributed by atoms with van der Waals surface area (Å²) in [5.41, 5.74) is -0.323. The Balaban J connectivity index is 3.49. The zero-order valence-electron chi connectivity index (χ0n) is 8.23. The lowest BCUT2D eigenvalue weighted by Crippen LogP contribution is -2.25. The van der Waals surface area contributed by atoms with E-state index in [1.54, 1.807) is 0 Å². The Morgan fingerprint density at radius 3 is 2.47 bits per heavy atom. The van der Waals surface area contributed by atoms with Crippen LogP contribution in [-0.2, 0) is 19.1 Å². The molecule has 6 heteroatoms. The summed E-state index contributed by atoms with van der Waals surface area (Å²) >= 11 is 0. The number of esters is 1. The Morgan fingerprint density at radius 1 is 1.27 bits per heavy atom. The standard InChI is InChI=1S/C9H14O6/c1-7(9(12)13)6-8(11)15-5-4-14-3-2-10/h10H,1-6H2,(H,12,13)/p-1. The number of carboxylic acid groups (broad SMARTS) is 1. The van der Waals surface area contributed by atoms with Gasteiger partial charge in [-0.1, -0.05) is 6.58 Å². The van der Waals surface area contributed by atoms with Crippen LogP contribution < -0.4 is 5.11 Å². The molecule has 0 saturated carbocycles. The molecular formula is C9H13O6-. The van der Waals surface area contributed by atoms with Crippen molar-refractivity contribution in [1.29, 1.82) is 0 Å². The van der Waals surface area contributed by atoms with Crippen LogP contribution in [0.5, 0.6) is 0 Å². The van der Waals surface area contributed by atoms with Crippen molar-refractivity contribution in [1.82, 2.24) is 0 Å². The topological polar surface area (TPSA) is 95.9 Å². The number of hydrogen-bond acceptors (Lipinski definition) is 6. The molecule has 0 atom stereocenters. The Bertz CT molecular complexity index is 235. The van der Waals surface area contributed by atoms with Crippen LogP contribution in [0.25, 0.3) is 0 Å². The lowest BCUT2D eigenvalue weighted by atomic mass is 10.2. The second-order valence-corrected chi connectivity index (χ2v) is 2.62. The first-order valence-corrected chi connectivity index (χ1v) is 4.31. The molecule has 0 aromatic heterocycles. The zero-order chi connectivity index (χ0) is 11.7. The monoisotopic (exact) mass is 217 g/mol. The van der Waals surface area contributed by atoms with Crippen LogP contribution in [0, 0.1) is 0 Å². The van der Waals surface area contributed by atoms with E-state index in [-0.39, 0.29) is 32.0 Å². The maximum atomic E-state index is 10.9. The van der Waals surface area contributed by atoms with Gasteiger partial charge in [0, 0.05) is 0 Å². The van der Waals surface area contributed by atoms with Gasteiger partial charge >= 0.3 is 5.97 Å². The summed E-state index contributed by atoms with van der Waals surface area (Å²) in [6.45, 7) is 3.36. The van der Waals surface area contributed by atoms with E-state index in [9.17, 15) is 14.7 Å². The molecule has 0 fully saturated rings. The molecule has 0 unspecified atom stereocenters. The number of aliphatic hydroxyl groups excluding tert-OH is 1. The number of hydrogen-bond donors (Lipinski definition) is 1. The van der Waals surface area contributed by atoms with E-state index in [0.717, 1.165) is 0 Å². The highest BCUT2D eigenvalue weighted by atomic mass is 16.6. The van der Waals surface area contributed by atoms with E-state index in [1.807, 2.05) is 0 Å². The lowest BCUT2D eigenvalue weighted by Gasteiger charge is -2.07. The molecule has 0 amide bonds. The minimum atomic E-state index is -1.47. The van der Waals surface area contributed by atoms with Crippen LogP contribution >= 0.6 is 0 Å². The minimum absolute atomic E-state index is 0.0131. The number of carbonyl (C=O) groups is 2. The number of aliphatic carboxylic acids is 1.